The van der Waals surface area contributed by atoms with E-state index in [1.165, 1.54) is 0 Å². The SMILES string of the molecule is Cl.O=C(NCC1CCCN1)C1CCN(c2cc(Cl)ccc2Cl)C1=O. The molecule has 2 amide bonds. The lowest BCUT2D eigenvalue weighted by Gasteiger charge is -2.19. The first-order valence-electron chi connectivity index (χ1n) is 7.84. The van der Waals surface area contributed by atoms with E-state index in [1.54, 1.807) is 23.1 Å². The standard InChI is InChI=1S/C16H19Cl2N3O2.ClH/c17-10-3-4-13(18)14(8-10)21-7-5-12(16(21)23)15(22)20-9-11-2-1-6-19-11;/h3-4,8,11-12,19H,1-2,5-7,9H2,(H,20,22);1H. The summed E-state index contributed by atoms with van der Waals surface area (Å²) in [4.78, 5) is 26.4. The molecule has 0 aromatic heterocycles. The second-order valence-electron chi connectivity index (χ2n) is 5.97. The minimum atomic E-state index is -0.647. The van der Waals surface area contributed by atoms with Crippen LogP contribution in [0.5, 0.6) is 0 Å². The summed E-state index contributed by atoms with van der Waals surface area (Å²) in [5, 5.41) is 7.18. The van der Waals surface area contributed by atoms with Crippen molar-refractivity contribution < 1.29 is 9.59 Å². The number of nitrogens with zero attached hydrogens (tertiary/aromatic N) is 1. The molecule has 2 atom stereocenters. The van der Waals surface area contributed by atoms with Crippen molar-refractivity contribution in [2.75, 3.05) is 24.5 Å². The largest absolute Gasteiger partial charge is 0.354 e. The van der Waals surface area contributed by atoms with Gasteiger partial charge >= 0.3 is 0 Å². The zero-order chi connectivity index (χ0) is 16.4. The summed E-state index contributed by atoms with van der Waals surface area (Å²) in [6, 6.07) is 5.30. The van der Waals surface area contributed by atoms with E-state index >= 15 is 0 Å². The normalized spacial score (nSPS) is 23.2. The lowest BCUT2D eigenvalue weighted by atomic mass is 10.1. The van der Waals surface area contributed by atoms with E-state index < -0.39 is 5.92 Å². The molecule has 2 aliphatic heterocycles. The van der Waals surface area contributed by atoms with E-state index in [-0.39, 0.29) is 24.2 Å². The molecule has 2 heterocycles. The number of rotatable bonds is 4. The topological polar surface area (TPSA) is 61.4 Å². The molecule has 0 aliphatic carbocycles. The second kappa shape index (κ2) is 8.39. The van der Waals surface area contributed by atoms with Gasteiger partial charge in [-0.1, -0.05) is 23.2 Å². The molecule has 2 fully saturated rings. The van der Waals surface area contributed by atoms with Crippen LogP contribution in [0.3, 0.4) is 0 Å². The highest BCUT2D eigenvalue weighted by atomic mass is 35.5. The van der Waals surface area contributed by atoms with Crippen LogP contribution in [0.2, 0.25) is 10.0 Å². The van der Waals surface area contributed by atoms with Crippen molar-refractivity contribution in [2.24, 2.45) is 5.92 Å². The van der Waals surface area contributed by atoms with Crippen molar-refractivity contribution in [3.8, 4) is 0 Å². The fourth-order valence-electron chi connectivity index (χ4n) is 3.13. The quantitative estimate of drug-likeness (QED) is 0.774. The van der Waals surface area contributed by atoms with Gasteiger partial charge in [-0.25, -0.2) is 0 Å². The van der Waals surface area contributed by atoms with Crippen molar-refractivity contribution >= 4 is 53.1 Å². The number of halogens is 3. The van der Waals surface area contributed by atoms with Crippen LogP contribution < -0.4 is 15.5 Å². The van der Waals surface area contributed by atoms with Crippen molar-refractivity contribution in [1.29, 1.82) is 0 Å². The van der Waals surface area contributed by atoms with Gasteiger partial charge in [0.25, 0.3) is 0 Å². The number of amides is 2. The first-order chi connectivity index (χ1) is 11.1. The molecule has 0 spiro atoms. The predicted molar refractivity (Wildman–Crippen MR) is 98.2 cm³/mol. The van der Waals surface area contributed by atoms with Gasteiger partial charge in [-0.15, -0.1) is 12.4 Å². The number of benzene rings is 1. The van der Waals surface area contributed by atoms with E-state index in [0.717, 1.165) is 19.4 Å². The summed E-state index contributed by atoms with van der Waals surface area (Å²) in [5.74, 6) is -1.07. The van der Waals surface area contributed by atoms with Crippen molar-refractivity contribution in [3.63, 3.8) is 0 Å². The Bertz CT molecular complexity index is 621. The molecule has 0 bridgehead atoms. The van der Waals surface area contributed by atoms with Crippen LogP contribution in [0.15, 0.2) is 18.2 Å². The molecule has 1 aromatic carbocycles. The highest BCUT2D eigenvalue weighted by Crippen LogP contribution is 2.33. The summed E-state index contributed by atoms with van der Waals surface area (Å²) < 4.78 is 0. The van der Waals surface area contributed by atoms with Crippen LogP contribution in [0, 0.1) is 5.92 Å². The van der Waals surface area contributed by atoms with E-state index in [0.29, 0.717) is 41.3 Å². The Morgan fingerprint density at radius 3 is 2.83 bits per heavy atom. The van der Waals surface area contributed by atoms with Crippen LogP contribution >= 0.6 is 35.6 Å². The predicted octanol–water partition coefficient (Wildman–Crippen LogP) is 2.64. The maximum absolute atomic E-state index is 12.6. The van der Waals surface area contributed by atoms with Crippen LogP contribution in [-0.2, 0) is 9.59 Å². The first-order valence-corrected chi connectivity index (χ1v) is 8.59. The van der Waals surface area contributed by atoms with Gasteiger partial charge in [0.15, 0.2) is 0 Å². The van der Waals surface area contributed by atoms with Crippen LogP contribution in [0.25, 0.3) is 0 Å². The van der Waals surface area contributed by atoms with Gasteiger partial charge in [0.2, 0.25) is 11.8 Å². The van der Waals surface area contributed by atoms with Crippen molar-refractivity contribution in [2.45, 2.75) is 25.3 Å². The Balaban J connectivity index is 0.00000208. The molecule has 1 aromatic rings. The third-order valence-corrected chi connectivity index (χ3v) is 4.96. The summed E-state index contributed by atoms with van der Waals surface area (Å²) in [7, 11) is 0. The van der Waals surface area contributed by atoms with Gasteiger partial charge in [0, 0.05) is 24.2 Å². The van der Waals surface area contributed by atoms with E-state index in [2.05, 4.69) is 10.6 Å². The van der Waals surface area contributed by atoms with Gasteiger partial charge in [-0.3, -0.25) is 9.59 Å². The Kier molecular flexibility index (Phi) is 6.75. The maximum atomic E-state index is 12.6. The minimum absolute atomic E-state index is 0. The number of hydrogen-bond donors (Lipinski definition) is 2. The zero-order valence-electron chi connectivity index (χ0n) is 13.1. The molecular formula is C16H20Cl3N3O2. The Morgan fingerprint density at radius 1 is 1.33 bits per heavy atom. The number of carbonyl (C=O) groups excluding carboxylic acids is 2. The number of nitrogens with one attached hydrogen (secondary N) is 2. The molecule has 2 aliphatic rings. The van der Waals surface area contributed by atoms with Gasteiger partial charge < -0.3 is 15.5 Å². The third kappa shape index (κ3) is 4.14. The van der Waals surface area contributed by atoms with Gasteiger partial charge in [0.1, 0.15) is 5.92 Å². The molecule has 132 valence electrons. The highest BCUT2D eigenvalue weighted by molar-refractivity contribution is 6.36. The van der Waals surface area contributed by atoms with Crippen LogP contribution in [0.4, 0.5) is 5.69 Å². The van der Waals surface area contributed by atoms with E-state index in [1.807, 2.05) is 0 Å². The summed E-state index contributed by atoms with van der Waals surface area (Å²) in [6.07, 6.45) is 2.68. The molecular weight excluding hydrogens is 373 g/mol. The second-order valence-corrected chi connectivity index (χ2v) is 6.81. The van der Waals surface area contributed by atoms with E-state index in [4.69, 9.17) is 23.2 Å². The Hall–Kier alpha value is -1.01. The number of carbonyl (C=O) groups is 2. The highest BCUT2D eigenvalue weighted by Gasteiger charge is 2.38. The van der Waals surface area contributed by atoms with Gasteiger partial charge in [-0.05, 0) is 44.0 Å². The maximum Gasteiger partial charge on any atom is 0.239 e. The molecule has 24 heavy (non-hydrogen) atoms. The fourth-order valence-corrected chi connectivity index (χ4v) is 3.52. The molecule has 0 radical (unpaired) electrons. The molecule has 2 N–H and O–H groups in total. The van der Waals surface area contributed by atoms with Crippen molar-refractivity contribution in [1.82, 2.24) is 10.6 Å². The van der Waals surface area contributed by atoms with E-state index in [9.17, 15) is 9.59 Å². The zero-order valence-corrected chi connectivity index (χ0v) is 15.4. The summed E-state index contributed by atoms with van der Waals surface area (Å²) >= 11 is 12.1. The lowest BCUT2D eigenvalue weighted by Crippen LogP contribution is -2.42. The van der Waals surface area contributed by atoms with Gasteiger partial charge in [0.05, 0.1) is 10.7 Å². The monoisotopic (exact) mass is 391 g/mol. The molecule has 5 nitrogen and oxygen atoms in total. The molecule has 3 rings (SSSR count). The van der Waals surface area contributed by atoms with Crippen LogP contribution in [0.1, 0.15) is 19.3 Å². The van der Waals surface area contributed by atoms with Crippen molar-refractivity contribution in [3.05, 3.63) is 28.2 Å². The average molecular weight is 393 g/mol. The summed E-state index contributed by atoms with van der Waals surface area (Å²) in [6.45, 7) is 2.03. The molecule has 0 saturated carbocycles. The lowest BCUT2D eigenvalue weighted by molar-refractivity contribution is -0.132. The summed E-state index contributed by atoms with van der Waals surface area (Å²) in [5.41, 5.74) is 0.567. The first kappa shape index (κ1) is 19.3. The Morgan fingerprint density at radius 2 is 2.12 bits per heavy atom. The minimum Gasteiger partial charge on any atom is -0.354 e. The smallest absolute Gasteiger partial charge is 0.239 e. The molecule has 8 heteroatoms. The van der Waals surface area contributed by atoms with Crippen LogP contribution in [-0.4, -0.2) is 37.5 Å². The van der Waals surface area contributed by atoms with Gasteiger partial charge in [-0.2, -0.15) is 0 Å². The third-order valence-electron chi connectivity index (χ3n) is 4.41. The number of anilines is 1. The Labute approximate surface area is 157 Å². The number of hydrogen-bond acceptors (Lipinski definition) is 3. The molecule has 2 unspecified atom stereocenters. The fraction of sp³-hybridized carbons (Fsp3) is 0.500. The average Bonchev–Trinajstić information content (AvgIpc) is 3.17. The molecule has 2 saturated heterocycles.